The molecule has 3 aromatic carbocycles. The second-order valence-electron chi connectivity index (χ2n) is 22.7. The maximum atomic E-state index is 15.9. The van der Waals surface area contributed by atoms with Crippen molar-refractivity contribution in [2.75, 3.05) is 65.4 Å². The van der Waals surface area contributed by atoms with Gasteiger partial charge in [-0.1, -0.05) is 49.6 Å². The smallest absolute Gasteiger partial charge is 0.272 e. The van der Waals surface area contributed by atoms with Crippen LogP contribution in [0.15, 0.2) is 65.5 Å². The molecule has 2 N–H and O–H groups in total. The predicted octanol–water partition coefficient (Wildman–Crippen LogP) is 6.82. The first kappa shape index (κ1) is 52.4. The molecule has 4 aliphatic heterocycles. The number of rotatable bonds is 13. The van der Waals surface area contributed by atoms with E-state index in [-0.39, 0.29) is 89.5 Å². The molecule has 1 aromatic heterocycles. The van der Waals surface area contributed by atoms with Crippen molar-refractivity contribution >= 4 is 40.3 Å². The summed E-state index contributed by atoms with van der Waals surface area (Å²) in [5, 5.41) is 11.0. The van der Waals surface area contributed by atoms with Crippen molar-refractivity contribution in [1.29, 1.82) is 0 Å². The molecule has 5 heterocycles. The molecule has 5 amide bonds. The first-order valence-corrected chi connectivity index (χ1v) is 27.6. The van der Waals surface area contributed by atoms with Gasteiger partial charge in [-0.25, -0.2) is 13.9 Å². The summed E-state index contributed by atoms with van der Waals surface area (Å²) in [4.78, 5) is 89.8. The van der Waals surface area contributed by atoms with Crippen molar-refractivity contribution in [2.24, 2.45) is 11.8 Å². The lowest BCUT2D eigenvalue weighted by Gasteiger charge is -2.46. The van der Waals surface area contributed by atoms with Gasteiger partial charge in [0, 0.05) is 82.2 Å². The highest BCUT2D eigenvalue weighted by molar-refractivity contribution is 5.98. The lowest BCUT2D eigenvalue weighted by atomic mass is 9.78. The number of hydrogen-bond acceptors (Lipinski definition) is 9. The monoisotopic (exact) mass is 1030 g/mol. The highest BCUT2D eigenvalue weighted by atomic mass is 19.1. The fourth-order valence-electron chi connectivity index (χ4n) is 12.5. The summed E-state index contributed by atoms with van der Waals surface area (Å²) in [6.07, 6.45) is 11.3. The quantitative estimate of drug-likeness (QED) is 0.146. The third kappa shape index (κ3) is 12.0. The summed E-state index contributed by atoms with van der Waals surface area (Å²) >= 11 is 0. The number of carbonyl (C=O) groups is 5. The minimum absolute atomic E-state index is 0.00666. The Morgan fingerprint density at radius 2 is 1.40 bits per heavy atom. The number of H-pyrrole nitrogens is 1. The number of nitrogens with zero attached hydrogens (tertiary/aromatic N) is 6. The zero-order valence-corrected chi connectivity index (χ0v) is 43.5. The van der Waals surface area contributed by atoms with Crippen molar-refractivity contribution in [1.82, 2.24) is 40.0 Å². The summed E-state index contributed by atoms with van der Waals surface area (Å²) < 4.78 is 37.6. The first-order chi connectivity index (χ1) is 36.2. The molecule has 0 spiro atoms. The first-order valence-electron chi connectivity index (χ1n) is 27.6. The molecule has 400 valence electrons. The number of fused-ring (bicyclic) bond motifs is 1. The summed E-state index contributed by atoms with van der Waals surface area (Å²) in [5.41, 5.74) is 1.39. The highest BCUT2D eigenvalue weighted by Crippen LogP contribution is 2.42. The number of ether oxygens (including phenoxy) is 1. The Bertz CT molecular complexity index is 2820. The van der Waals surface area contributed by atoms with Gasteiger partial charge in [-0.2, -0.15) is 5.10 Å². The van der Waals surface area contributed by atoms with Crippen molar-refractivity contribution in [3.8, 4) is 0 Å². The number of piperazine rings is 1. The molecule has 2 saturated carbocycles. The molecule has 6 aliphatic rings. The van der Waals surface area contributed by atoms with Crippen molar-refractivity contribution in [3.63, 3.8) is 0 Å². The van der Waals surface area contributed by atoms with Crippen molar-refractivity contribution < 1.29 is 37.5 Å². The van der Waals surface area contributed by atoms with Crippen LogP contribution in [0.25, 0.3) is 10.8 Å². The molecular formula is C58H72F2N8O7. The van der Waals surface area contributed by atoms with E-state index in [9.17, 15) is 28.8 Å². The highest BCUT2D eigenvalue weighted by Gasteiger charge is 2.44. The number of aromatic amines is 1. The Balaban J connectivity index is 0.658. The molecule has 17 heteroatoms. The van der Waals surface area contributed by atoms with E-state index in [4.69, 9.17) is 4.74 Å². The van der Waals surface area contributed by atoms with Crippen LogP contribution in [0.2, 0.25) is 0 Å². The lowest BCUT2D eigenvalue weighted by molar-refractivity contribution is -0.140. The molecule has 2 aliphatic carbocycles. The molecule has 0 radical (unpaired) electrons. The number of benzene rings is 3. The third-order valence-electron chi connectivity index (χ3n) is 17.1. The maximum absolute atomic E-state index is 15.9. The van der Waals surface area contributed by atoms with Gasteiger partial charge < -0.3 is 29.7 Å². The molecule has 4 saturated heterocycles. The molecule has 1 unspecified atom stereocenters. The average Bonchev–Trinajstić information content (AvgIpc) is 4.28. The number of nitrogens with one attached hydrogen (secondary N) is 2. The van der Waals surface area contributed by atoms with E-state index in [1.165, 1.54) is 12.1 Å². The molecule has 75 heavy (non-hydrogen) atoms. The van der Waals surface area contributed by atoms with Crippen LogP contribution in [0.1, 0.15) is 141 Å². The largest absolute Gasteiger partial charge is 0.375 e. The fraction of sp³-hybridized carbons (Fsp3) is 0.569. The molecule has 10 rings (SSSR count). The van der Waals surface area contributed by atoms with Crippen LogP contribution in [0.3, 0.4) is 0 Å². The molecular weight excluding hydrogens is 959 g/mol. The van der Waals surface area contributed by atoms with Crippen LogP contribution >= 0.6 is 0 Å². The number of halogens is 2. The second-order valence-corrected chi connectivity index (χ2v) is 22.7. The van der Waals surface area contributed by atoms with E-state index in [0.29, 0.717) is 87.1 Å². The van der Waals surface area contributed by atoms with E-state index >= 15 is 8.78 Å². The Morgan fingerprint density at radius 3 is 2.08 bits per heavy atom. The number of likely N-dealkylation sites (tertiary alicyclic amines) is 3. The molecule has 15 nitrogen and oxygen atoms in total. The number of carbonyl (C=O) groups excluding carboxylic acids is 5. The summed E-state index contributed by atoms with van der Waals surface area (Å²) in [5.74, 6) is -1.91. The topological polar surface area (TPSA) is 169 Å². The fourth-order valence-corrected chi connectivity index (χ4v) is 12.5. The summed E-state index contributed by atoms with van der Waals surface area (Å²) in [6.45, 7) is 8.78. The summed E-state index contributed by atoms with van der Waals surface area (Å²) in [6, 6.07) is 15.7. The van der Waals surface area contributed by atoms with Gasteiger partial charge in [-0.05, 0) is 131 Å². The van der Waals surface area contributed by atoms with Gasteiger partial charge in [0.15, 0.2) is 0 Å². The van der Waals surface area contributed by atoms with Gasteiger partial charge in [0.05, 0.1) is 41.0 Å². The van der Waals surface area contributed by atoms with E-state index in [1.807, 2.05) is 28.0 Å². The van der Waals surface area contributed by atoms with Gasteiger partial charge in [-0.3, -0.25) is 33.7 Å². The average molecular weight is 1030 g/mol. The van der Waals surface area contributed by atoms with Crippen LogP contribution in [-0.4, -0.2) is 153 Å². The minimum atomic E-state index is -0.740. The maximum Gasteiger partial charge on any atom is 0.272 e. The standard InChI is InChI=1S/C58H72F2N8O7/c1-58(2)35-41(18-27-68(58)55(72)39-13-14-39)40-15-16-46(49(60)34-40)53(70)61-52(38-8-4-3-5-9-38)57(74)66-25-21-43(22-26-66)75-42-19-23-64(24-20-42)36-51(69)65-28-30-67(31-29-65)56(73)47-32-37(12-17-48(47)59)33-50-44-10-6-7-11-45(44)54(71)63-62-50/h6-7,10-12,15-17,32,34,38-39,41-43,52H,3-5,8-9,13-14,18-31,33,35-36H2,1-2H3,(H,61,70)(H,63,71)/t41?,52-/m1/s1. The van der Waals surface area contributed by atoms with Gasteiger partial charge in [-0.15, -0.1) is 0 Å². The molecule has 4 aromatic rings. The van der Waals surface area contributed by atoms with Crippen molar-refractivity contribution in [2.45, 2.75) is 133 Å². The molecule has 6 fully saturated rings. The number of aromatic nitrogens is 2. The normalized spacial score (nSPS) is 21.8. The Hall–Kier alpha value is -6.07. The molecule has 0 bridgehead atoms. The zero-order chi connectivity index (χ0) is 52.4. The zero-order valence-electron chi connectivity index (χ0n) is 43.5. The van der Waals surface area contributed by atoms with Crippen molar-refractivity contribution in [3.05, 3.63) is 111 Å². The molecule has 2 atom stereocenters. The van der Waals surface area contributed by atoms with Gasteiger partial charge in [0.2, 0.25) is 17.7 Å². The summed E-state index contributed by atoms with van der Waals surface area (Å²) in [7, 11) is 0. The SMILES string of the molecule is CC1(C)CC(c2ccc(C(=O)N[C@@H](C(=O)N3CCC(OC4CCN(CC(=O)N5CCN(C(=O)c6cc(Cc7n[nH]c(=O)c8ccccc78)ccc6F)CC5)CC4)CC3)C3CCCCC3)c(F)c2)CCN1C(=O)C1CC1. The third-order valence-corrected chi connectivity index (χ3v) is 17.1. The van der Waals surface area contributed by atoms with E-state index in [1.54, 1.807) is 40.1 Å². The Kier molecular flexibility index (Phi) is 15.8. The Morgan fingerprint density at radius 1 is 0.720 bits per heavy atom. The van der Waals surface area contributed by atoms with Gasteiger partial charge >= 0.3 is 0 Å². The van der Waals surface area contributed by atoms with Crippen LogP contribution in [0, 0.1) is 23.5 Å². The van der Waals surface area contributed by atoms with Crippen LogP contribution in [0.4, 0.5) is 8.78 Å². The second kappa shape index (κ2) is 22.6. The van der Waals surface area contributed by atoms with E-state index in [2.05, 4.69) is 34.3 Å². The Labute approximate surface area is 437 Å². The van der Waals surface area contributed by atoms with Gasteiger partial charge in [0.1, 0.15) is 17.7 Å². The number of piperidine rings is 3. The minimum Gasteiger partial charge on any atom is -0.375 e. The van der Waals surface area contributed by atoms with E-state index in [0.717, 1.165) is 76.2 Å². The lowest BCUT2D eigenvalue weighted by Crippen LogP contribution is -2.55. The predicted molar refractivity (Wildman–Crippen MR) is 279 cm³/mol. The number of hydrogen-bond donors (Lipinski definition) is 2. The van der Waals surface area contributed by atoms with Crippen LogP contribution < -0.4 is 10.9 Å². The van der Waals surface area contributed by atoms with Gasteiger partial charge in [0.25, 0.3) is 17.4 Å². The van der Waals surface area contributed by atoms with E-state index < -0.39 is 29.5 Å². The number of amides is 5. The van der Waals surface area contributed by atoms with Crippen LogP contribution in [-0.2, 0) is 25.5 Å². The van der Waals surface area contributed by atoms with Crippen LogP contribution in [0.5, 0.6) is 0 Å².